The van der Waals surface area contributed by atoms with Crippen LogP contribution in [0.2, 0.25) is 0 Å². The van der Waals surface area contributed by atoms with Gasteiger partial charge < -0.3 is 4.74 Å². The minimum absolute atomic E-state index is 0.00450. The average Bonchev–Trinajstić information content (AvgIpc) is 2.16. The van der Waals surface area contributed by atoms with Crippen LogP contribution in [0.3, 0.4) is 0 Å². The molecule has 1 unspecified atom stereocenters. The Hall–Kier alpha value is -1.26. The van der Waals surface area contributed by atoms with Crippen molar-refractivity contribution in [3.63, 3.8) is 0 Å². The van der Waals surface area contributed by atoms with E-state index < -0.39 is 11.8 Å². The van der Waals surface area contributed by atoms with Gasteiger partial charge in [0.2, 0.25) is 0 Å². The number of hydrogen-bond acceptors (Lipinski definition) is 4. The SMILES string of the molecule is COC(=O)CCC(C(=O)N=O)C(C)C. The number of carbonyl (C=O) groups is 2. The summed E-state index contributed by atoms with van der Waals surface area (Å²) in [4.78, 5) is 31.9. The summed E-state index contributed by atoms with van der Waals surface area (Å²) in [6, 6.07) is 0. The van der Waals surface area contributed by atoms with E-state index in [4.69, 9.17) is 0 Å². The normalized spacial score (nSPS) is 12.3. The highest BCUT2D eigenvalue weighted by Gasteiger charge is 2.23. The molecule has 0 fully saturated rings. The lowest BCUT2D eigenvalue weighted by Gasteiger charge is -2.14. The topological polar surface area (TPSA) is 72.8 Å². The van der Waals surface area contributed by atoms with E-state index in [1.165, 1.54) is 7.11 Å². The molecule has 5 nitrogen and oxygen atoms in total. The molecule has 0 aromatic heterocycles. The molecule has 0 bridgehead atoms. The smallest absolute Gasteiger partial charge is 0.305 e. The standard InChI is InChI=1S/C9H15NO4/c1-6(2)7(9(12)10-13)4-5-8(11)14-3/h6-7H,4-5H2,1-3H3. The summed E-state index contributed by atoms with van der Waals surface area (Å²) in [5.74, 6) is -1.55. The molecule has 0 aliphatic heterocycles. The molecule has 0 saturated heterocycles. The second-order valence-electron chi connectivity index (χ2n) is 3.39. The van der Waals surface area contributed by atoms with E-state index in [1.807, 2.05) is 13.8 Å². The van der Waals surface area contributed by atoms with Crippen molar-refractivity contribution >= 4 is 11.9 Å². The van der Waals surface area contributed by atoms with Crippen LogP contribution >= 0.6 is 0 Å². The largest absolute Gasteiger partial charge is 0.469 e. The van der Waals surface area contributed by atoms with E-state index in [2.05, 4.69) is 9.91 Å². The van der Waals surface area contributed by atoms with Gasteiger partial charge in [-0.3, -0.25) is 9.59 Å². The highest BCUT2D eigenvalue weighted by Crippen LogP contribution is 2.18. The monoisotopic (exact) mass is 201 g/mol. The first-order valence-electron chi connectivity index (χ1n) is 4.47. The maximum absolute atomic E-state index is 11.0. The molecule has 0 aromatic carbocycles. The van der Waals surface area contributed by atoms with Gasteiger partial charge in [-0.05, 0) is 12.3 Å². The van der Waals surface area contributed by atoms with E-state index in [0.29, 0.717) is 6.42 Å². The van der Waals surface area contributed by atoms with Crippen LogP contribution in [0.1, 0.15) is 26.7 Å². The van der Waals surface area contributed by atoms with Gasteiger partial charge in [0.1, 0.15) is 0 Å². The van der Waals surface area contributed by atoms with Crippen LogP contribution in [-0.2, 0) is 14.3 Å². The molecule has 0 radical (unpaired) electrons. The van der Waals surface area contributed by atoms with Crippen molar-refractivity contribution in [3.8, 4) is 0 Å². The first-order chi connectivity index (χ1) is 6.52. The van der Waals surface area contributed by atoms with Crippen LogP contribution in [0.5, 0.6) is 0 Å². The summed E-state index contributed by atoms with van der Waals surface area (Å²) < 4.78 is 4.43. The Labute approximate surface area is 82.8 Å². The third-order valence-corrected chi connectivity index (χ3v) is 2.10. The molecular formula is C9H15NO4. The Morgan fingerprint density at radius 3 is 2.29 bits per heavy atom. The molecule has 0 aromatic rings. The number of nitroso groups, excluding NO2 is 1. The summed E-state index contributed by atoms with van der Waals surface area (Å²) in [7, 11) is 1.28. The minimum atomic E-state index is -0.691. The van der Waals surface area contributed by atoms with Crippen LogP contribution in [0.25, 0.3) is 0 Å². The van der Waals surface area contributed by atoms with Gasteiger partial charge in [-0.15, -0.1) is 4.91 Å². The Morgan fingerprint density at radius 1 is 1.36 bits per heavy atom. The quantitative estimate of drug-likeness (QED) is 0.499. The van der Waals surface area contributed by atoms with Crippen LogP contribution in [0.4, 0.5) is 0 Å². The van der Waals surface area contributed by atoms with E-state index in [-0.39, 0.29) is 18.3 Å². The molecule has 0 aliphatic rings. The molecule has 0 saturated carbocycles. The summed E-state index contributed by atoms with van der Waals surface area (Å²) in [6.07, 6.45) is 0.454. The first-order valence-corrected chi connectivity index (χ1v) is 4.47. The summed E-state index contributed by atoms with van der Waals surface area (Å²) in [5, 5.41) is 2.37. The maximum Gasteiger partial charge on any atom is 0.305 e. The number of hydrogen-bond donors (Lipinski definition) is 0. The zero-order valence-corrected chi connectivity index (χ0v) is 8.65. The third kappa shape index (κ3) is 4.11. The Balaban J connectivity index is 4.17. The van der Waals surface area contributed by atoms with Crippen LogP contribution in [-0.4, -0.2) is 19.0 Å². The van der Waals surface area contributed by atoms with Gasteiger partial charge in [-0.2, -0.15) is 0 Å². The van der Waals surface area contributed by atoms with E-state index in [1.54, 1.807) is 0 Å². The summed E-state index contributed by atoms with van der Waals surface area (Å²) in [5.41, 5.74) is 0. The fourth-order valence-corrected chi connectivity index (χ4v) is 1.19. The van der Waals surface area contributed by atoms with Crippen molar-refractivity contribution in [1.82, 2.24) is 0 Å². The predicted molar refractivity (Wildman–Crippen MR) is 50.4 cm³/mol. The number of nitrogens with zero attached hydrogens (tertiary/aromatic N) is 1. The number of amides is 1. The zero-order valence-electron chi connectivity index (χ0n) is 8.65. The molecule has 80 valence electrons. The van der Waals surface area contributed by atoms with Gasteiger partial charge in [0.25, 0.3) is 5.91 Å². The summed E-state index contributed by atoms with van der Waals surface area (Å²) >= 11 is 0. The van der Waals surface area contributed by atoms with E-state index in [9.17, 15) is 14.5 Å². The van der Waals surface area contributed by atoms with Crippen molar-refractivity contribution < 1.29 is 14.3 Å². The van der Waals surface area contributed by atoms with Crippen molar-refractivity contribution in [3.05, 3.63) is 4.91 Å². The number of esters is 1. The van der Waals surface area contributed by atoms with Crippen molar-refractivity contribution in [1.29, 1.82) is 0 Å². The van der Waals surface area contributed by atoms with Crippen molar-refractivity contribution in [2.24, 2.45) is 17.0 Å². The molecule has 0 aliphatic carbocycles. The van der Waals surface area contributed by atoms with Gasteiger partial charge in [0.05, 0.1) is 7.11 Å². The molecular weight excluding hydrogens is 186 g/mol. The lowest BCUT2D eigenvalue weighted by Crippen LogP contribution is -2.19. The molecule has 0 heterocycles. The molecule has 5 heteroatoms. The average molecular weight is 201 g/mol. The van der Waals surface area contributed by atoms with Gasteiger partial charge in [0, 0.05) is 17.5 Å². The lowest BCUT2D eigenvalue weighted by atomic mass is 9.90. The van der Waals surface area contributed by atoms with Crippen molar-refractivity contribution in [2.75, 3.05) is 7.11 Å². The number of methoxy groups -OCH3 is 1. The molecule has 14 heavy (non-hydrogen) atoms. The maximum atomic E-state index is 11.0. The van der Waals surface area contributed by atoms with Crippen molar-refractivity contribution in [2.45, 2.75) is 26.7 Å². The van der Waals surface area contributed by atoms with Gasteiger partial charge in [0.15, 0.2) is 0 Å². The molecule has 1 amide bonds. The second-order valence-corrected chi connectivity index (χ2v) is 3.39. The van der Waals surface area contributed by atoms with E-state index >= 15 is 0 Å². The Bertz CT molecular complexity index is 225. The fraction of sp³-hybridized carbons (Fsp3) is 0.778. The highest BCUT2D eigenvalue weighted by molar-refractivity contribution is 5.80. The molecule has 0 N–H and O–H groups in total. The second kappa shape index (κ2) is 6.23. The first kappa shape index (κ1) is 12.7. The Kier molecular flexibility index (Phi) is 5.67. The van der Waals surface area contributed by atoms with Crippen LogP contribution < -0.4 is 0 Å². The molecule has 1 atom stereocenters. The number of ether oxygens (including phenoxy) is 1. The highest BCUT2D eigenvalue weighted by atomic mass is 16.5. The number of rotatable bonds is 5. The molecule has 0 rings (SSSR count). The Morgan fingerprint density at radius 2 is 1.93 bits per heavy atom. The predicted octanol–water partition coefficient (Wildman–Crippen LogP) is 1.50. The summed E-state index contributed by atoms with van der Waals surface area (Å²) in [6.45, 7) is 3.62. The van der Waals surface area contributed by atoms with Gasteiger partial charge >= 0.3 is 5.97 Å². The van der Waals surface area contributed by atoms with E-state index in [0.717, 1.165) is 0 Å². The van der Waals surface area contributed by atoms with Crippen LogP contribution in [0.15, 0.2) is 5.18 Å². The fourth-order valence-electron chi connectivity index (χ4n) is 1.19. The van der Waals surface area contributed by atoms with Gasteiger partial charge in [-0.25, -0.2) is 0 Å². The van der Waals surface area contributed by atoms with Gasteiger partial charge in [-0.1, -0.05) is 13.8 Å². The third-order valence-electron chi connectivity index (χ3n) is 2.10. The lowest BCUT2D eigenvalue weighted by molar-refractivity contribution is -0.141. The molecule has 0 spiro atoms. The van der Waals surface area contributed by atoms with Crippen LogP contribution in [0, 0.1) is 16.7 Å². The zero-order chi connectivity index (χ0) is 11.1. The minimum Gasteiger partial charge on any atom is -0.469 e. The number of carbonyl (C=O) groups excluding carboxylic acids is 2.